The van der Waals surface area contributed by atoms with E-state index in [4.69, 9.17) is 17.3 Å². The van der Waals surface area contributed by atoms with Crippen molar-refractivity contribution in [3.63, 3.8) is 0 Å². The average Bonchev–Trinajstić information content (AvgIpc) is 2.50. The van der Waals surface area contributed by atoms with Gasteiger partial charge < -0.3 is 11.1 Å². The van der Waals surface area contributed by atoms with Crippen LogP contribution in [0, 0.1) is 13.8 Å². The first-order valence-electron chi connectivity index (χ1n) is 7.33. The molecule has 23 heavy (non-hydrogen) atoms. The van der Waals surface area contributed by atoms with E-state index >= 15 is 0 Å². The van der Waals surface area contributed by atoms with Crippen LogP contribution in [0.4, 0.5) is 5.69 Å². The summed E-state index contributed by atoms with van der Waals surface area (Å²) in [5.74, 6) is -0.626. The predicted molar refractivity (Wildman–Crippen MR) is 92.8 cm³/mol. The lowest BCUT2D eigenvalue weighted by molar-refractivity contribution is -0.116. The highest BCUT2D eigenvalue weighted by atomic mass is 35.5. The van der Waals surface area contributed by atoms with Crippen LogP contribution >= 0.6 is 11.6 Å². The van der Waals surface area contributed by atoms with Crippen molar-refractivity contribution in [2.75, 3.05) is 5.32 Å². The van der Waals surface area contributed by atoms with Gasteiger partial charge in [0.2, 0.25) is 11.8 Å². The quantitative estimate of drug-likeness (QED) is 0.878. The van der Waals surface area contributed by atoms with Gasteiger partial charge in [0.1, 0.15) is 0 Å². The molecule has 2 aromatic rings. The summed E-state index contributed by atoms with van der Waals surface area (Å²) in [7, 11) is 0. The number of nitrogens with two attached hydrogens (primary N) is 1. The van der Waals surface area contributed by atoms with E-state index in [-0.39, 0.29) is 5.91 Å². The second-order valence-electron chi connectivity index (χ2n) is 5.47. The average molecular weight is 331 g/mol. The Hall–Kier alpha value is -2.33. The van der Waals surface area contributed by atoms with Crippen molar-refractivity contribution >= 4 is 29.1 Å². The molecular weight excluding hydrogens is 312 g/mol. The Morgan fingerprint density at radius 3 is 2.57 bits per heavy atom. The Morgan fingerprint density at radius 2 is 1.91 bits per heavy atom. The highest BCUT2D eigenvalue weighted by Gasteiger charge is 2.11. The van der Waals surface area contributed by atoms with Crippen LogP contribution in [0.25, 0.3) is 0 Å². The van der Waals surface area contributed by atoms with Crippen molar-refractivity contribution in [1.82, 2.24) is 0 Å². The van der Waals surface area contributed by atoms with Crippen LogP contribution in [0.15, 0.2) is 36.4 Å². The van der Waals surface area contributed by atoms with Gasteiger partial charge in [-0.15, -0.1) is 0 Å². The molecule has 0 atom stereocenters. The van der Waals surface area contributed by atoms with Crippen LogP contribution in [0.3, 0.4) is 0 Å². The van der Waals surface area contributed by atoms with E-state index in [0.29, 0.717) is 34.7 Å². The maximum absolute atomic E-state index is 12.1. The molecule has 2 aromatic carbocycles. The zero-order valence-electron chi connectivity index (χ0n) is 13.2. The molecule has 0 aliphatic heterocycles. The molecule has 3 N–H and O–H groups in total. The molecule has 0 aromatic heterocycles. The van der Waals surface area contributed by atoms with Gasteiger partial charge in [0.25, 0.3) is 0 Å². The molecule has 0 saturated heterocycles. The normalized spacial score (nSPS) is 10.4. The van der Waals surface area contributed by atoms with Gasteiger partial charge in [-0.2, -0.15) is 0 Å². The van der Waals surface area contributed by atoms with Crippen LogP contribution < -0.4 is 11.1 Å². The fourth-order valence-corrected chi connectivity index (χ4v) is 2.50. The third kappa shape index (κ3) is 4.33. The van der Waals surface area contributed by atoms with Crippen LogP contribution in [0.1, 0.15) is 33.5 Å². The first kappa shape index (κ1) is 17.0. The highest BCUT2D eigenvalue weighted by Crippen LogP contribution is 2.20. The summed E-state index contributed by atoms with van der Waals surface area (Å²) in [6.45, 7) is 3.70. The summed E-state index contributed by atoms with van der Waals surface area (Å²) in [4.78, 5) is 23.4. The number of nitrogens with one attached hydrogen (secondary N) is 1. The molecule has 2 amide bonds. The number of primary amides is 1. The first-order chi connectivity index (χ1) is 10.9. The fraction of sp³-hybridized carbons (Fsp3) is 0.222. The molecule has 0 radical (unpaired) electrons. The topological polar surface area (TPSA) is 72.2 Å². The minimum absolute atomic E-state index is 0.119. The van der Waals surface area contributed by atoms with Crippen molar-refractivity contribution < 1.29 is 9.59 Å². The Morgan fingerprint density at radius 1 is 1.17 bits per heavy atom. The number of halogens is 1. The van der Waals surface area contributed by atoms with Gasteiger partial charge >= 0.3 is 0 Å². The number of amides is 2. The monoisotopic (exact) mass is 330 g/mol. The number of anilines is 1. The molecule has 0 heterocycles. The molecule has 0 saturated carbocycles. The van der Waals surface area contributed by atoms with Crippen LogP contribution in [-0.2, 0) is 11.2 Å². The van der Waals surface area contributed by atoms with E-state index in [9.17, 15) is 9.59 Å². The number of benzene rings is 2. The minimum Gasteiger partial charge on any atom is -0.366 e. The lowest BCUT2D eigenvalue weighted by Gasteiger charge is -2.11. The molecule has 120 valence electrons. The minimum atomic E-state index is -0.507. The van der Waals surface area contributed by atoms with Crippen LogP contribution in [-0.4, -0.2) is 11.8 Å². The fourth-order valence-electron chi connectivity index (χ4n) is 2.30. The smallest absolute Gasteiger partial charge is 0.249 e. The van der Waals surface area contributed by atoms with E-state index in [0.717, 1.165) is 11.1 Å². The maximum atomic E-state index is 12.1. The number of rotatable bonds is 5. The number of hydrogen-bond acceptors (Lipinski definition) is 2. The third-order valence-electron chi connectivity index (χ3n) is 3.75. The lowest BCUT2D eigenvalue weighted by atomic mass is 10.1. The van der Waals surface area contributed by atoms with E-state index < -0.39 is 5.91 Å². The van der Waals surface area contributed by atoms with E-state index in [2.05, 4.69) is 5.32 Å². The summed E-state index contributed by atoms with van der Waals surface area (Å²) in [5, 5.41) is 3.52. The van der Waals surface area contributed by atoms with Gasteiger partial charge in [0, 0.05) is 22.7 Å². The van der Waals surface area contributed by atoms with E-state index in [1.165, 1.54) is 0 Å². The third-order valence-corrected chi connectivity index (χ3v) is 4.16. The molecule has 5 heteroatoms. The number of hydrogen-bond donors (Lipinski definition) is 2. The predicted octanol–water partition coefficient (Wildman–Crippen LogP) is 3.63. The highest BCUT2D eigenvalue weighted by molar-refractivity contribution is 6.31. The second-order valence-corrected chi connectivity index (χ2v) is 5.88. The Labute approximate surface area is 140 Å². The number of carbonyl (C=O) groups is 2. The van der Waals surface area contributed by atoms with Gasteiger partial charge in [0.05, 0.1) is 0 Å². The standard InChI is InChI=1S/C18H19ClN2O2/c1-11-6-7-13(10-15(11)19)8-9-17(22)21-16-5-3-4-14(12(16)2)18(20)23/h3-7,10H,8-9H2,1-2H3,(H2,20,23)(H,21,22). The summed E-state index contributed by atoms with van der Waals surface area (Å²) in [6, 6.07) is 10.9. The molecule has 2 rings (SSSR count). The Balaban J connectivity index is 2.01. The summed E-state index contributed by atoms with van der Waals surface area (Å²) in [6.07, 6.45) is 0.931. The van der Waals surface area contributed by atoms with Crippen molar-refractivity contribution in [2.24, 2.45) is 5.73 Å². The second kappa shape index (κ2) is 7.29. The van der Waals surface area contributed by atoms with Crippen molar-refractivity contribution in [1.29, 1.82) is 0 Å². The number of carbonyl (C=O) groups excluding carboxylic acids is 2. The van der Waals surface area contributed by atoms with Gasteiger partial charge in [-0.3, -0.25) is 9.59 Å². The SMILES string of the molecule is Cc1ccc(CCC(=O)Nc2cccc(C(N)=O)c2C)cc1Cl. The molecule has 0 unspecified atom stereocenters. The van der Waals surface area contributed by atoms with Crippen molar-refractivity contribution in [3.8, 4) is 0 Å². The largest absolute Gasteiger partial charge is 0.366 e. The molecule has 0 aliphatic rings. The first-order valence-corrected chi connectivity index (χ1v) is 7.70. The van der Waals surface area contributed by atoms with Crippen LogP contribution in [0.2, 0.25) is 5.02 Å². The summed E-state index contributed by atoms with van der Waals surface area (Å²) < 4.78 is 0. The van der Waals surface area contributed by atoms with Gasteiger partial charge in [-0.1, -0.05) is 29.8 Å². The van der Waals surface area contributed by atoms with Gasteiger partial charge in [-0.05, 0) is 55.2 Å². The molecular formula is C18H19ClN2O2. The van der Waals surface area contributed by atoms with Crippen molar-refractivity contribution in [3.05, 3.63) is 63.7 Å². The molecule has 0 bridgehead atoms. The Bertz CT molecular complexity index is 757. The zero-order valence-corrected chi connectivity index (χ0v) is 13.9. The summed E-state index contributed by atoms with van der Waals surface area (Å²) in [5.41, 5.74) is 9.02. The van der Waals surface area contributed by atoms with Gasteiger partial charge in [-0.25, -0.2) is 0 Å². The lowest BCUT2D eigenvalue weighted by Crippen LogP contribution is -2.17. The molecule has 0 spiro atoms. The van der Waals surface area contributed by atoms with E-state index in [1.54, 1.807) is 25.1 Å². The summed E-state index contributed by atoms with van der Waals surface area (Å²) >= 11 is 6.08. The molecule has 4 nitrogen and oxygen atoms in total. The Kier molecular flexibility index (Phi) is 5.40. The molecule has 0 fully saturated rings. The molecule has 0 aliphatic carbocycles. The van der Waals surface area contributed by atoms with Gasteiger partial charge in [0.15, 0.2) is 0 Å². The van der Waals surface area contributed by atoms with Crippen LogP contribution in [0.5, 0.6) is 0 Å². The number of aryl methyl sites for hydroxylation is 2. The van der Waals surface area contributed by atoms with E-state index in [1.807, 2.05) is 25.1 Å². The maximum Gasteiger partial charge on any atom is 0.249 e. The van der Waals surface area contributed by atoms with Crippen molar-refractivity contribution in [2.45, 2.75) is 26.7 Å². The zero-order chi connectivity index (χ0) is 17.0.